The molecule has 1 saturated heterocycles. The Hall–Kier alpha value is -1.06. The molecule has 3 nitrogen and oxygen atoms in total. The van der Waals surface area contributed by atoms with Crippen molar-refractivity contribution in [2.75, 3.05) is 13.1 Å². The van der Waals surface area contributed by atoms with Crippen LogP contribution in [0.1, 0.15) is 11.1 Å². The Morgan fingerprint density at radius 1 is 1.43 bits per heavy atom. The van der Waals surface area contributed by atoms with Gasteiger partial charge in [-0.05, 0) is 24.1 Å². The molecule has 1 aliphatic heterocycles. The first-order valence-electron chi connectivity index (χ1n) is 4.81. The summed E-state index contributed by atoms with van der Waals surface area (Å²) in [4.78, 5) is 0. The van der Waals surface area contributed by atoms with Crippen LogP contribution in [0.2, 0.25) is 0 Å². The van der Waals surface area contributed by atoms with Crippen LogP contribution in [0.5, 0.6) is 5.75 Å². The summed E-state index contributed by atoms with van der Waals surface area (Å²) >= 11 is 0. The van der Waals surface area contributed by atoms with Crippen molar-refractivity contribution in [3.8, 4) is 5.75 Å². The molecule has 1 fully saturated rings. The Bertz CT molecular complexity index is 345. The quantitative estimate of drug-likeness (QED) is 0.644. The lowest BCUT2D eigenvalue weighted by molar-refractivity contribution is -0.00904. The van der Waals surface area contributed by atoms with E-state index >= 15 is 0 Å². The maximum absolute atomic E-state index is 9.88. The molecule has 0 amide bonds. The minimum atomic E-state index is -0.609. The maximum atomic E-state index is 9.88. The number of benzene rings is 1. The number of hydrogen-bond donors (Lipinski definition) is 3. The molecule has 3 heteroatoms. The maximum Gasteiger partial charge on any atom is 0.118 e. The summed E-state index contributed by atoms with van der Waals surface area (Å²) < 4.78 is 0. The molecular formula is C11H15NO2. The zero-order chi connectivity index (χ0) is 10.2. The highest BCUT2D eigenvalue weighted by Crippen LogP contribution is 2.22. The molecule has 1 heterocycles. The second kappa shape index (κ2) is 3.26. The van der Waals surface area contributed by atoms with Gasteiger partial charge in [0, 0.05) is 19.5 Å². The first-order valence-corrected chi connectivity index (χ1v) is 4.81. The lowest BCUT2D eigenvalue weighted by Crippen LogP contribution is -2.60. The topological polar surface area (TPSA) is 52.5 Å². The molecule has 0 radical (unpaired) electrons. The van der Waals surface area contributed by atoms with Crippen molar-refractivity contribution in [1.82, 2.24) is 5.32 Å². The molecule has 2 rings (SSSR count). The standard InChI is InChI=1S/C11H15NO2/c1-8-2-3-9(4-10(8)13)5-11(14)6-12-7-11/h2-4,12-14H,5-7H2,1H3. The lowest BCUT2D eigenvalue weighted by atomic mass is 9.89. The van der Waals surface area contributed by atoms with Crippen LogP contribution in [-0.2, 0) is 6.42 Å². The van der Waals surface area contributed by atoms with Crippen molar-refractivity contribution < 1.29 is 10.2 Å². The molecule has 0 atom stereocenters. The van der Waals surface area contributed by atoms with Crippen molar-refractivity contribution >= 4 is 0 Å². The van der Waals surface area contributed by atoms with E-state index < -0.39 is 5.60 Å². The number of hydrogen-bond acceptors (Lipinski definition) is 3. The molecule has 3 N–H and O–H groups in total. The van der Waals surface area contributed by atoms with Crippen LogP contribution in [0.15, 0.2) is 18.2 Å². The summed E-state index contributed by atoms with van der Waals surface area (Å²) in [6, 6.07) is 5.55. The third-order valence-corrected chi connectivity index (χ3v) is 2.71. The fourth-order valence-corrected chi connectivity index (χ4v) is 1.68. The predicted octanol–water partition coefficient (Wildman–Crippen LogP) is 0.577. The first kappa shape index (κ1) is 9.49. The van der Waals surface area contributed by atoms with Crippen LogP contribution in [0, 0.1) is 6.92 Å². The Balaban J connectivity index is 2.13. The first-order chi connectivity index (χ1) is 6.59. The highest BCUT2D eigenvalue weighted by molar-refractivity contribution is 5.36. The van der Waals surface area contributed by atoms with Crippen LogP contribution in [0.4, 0.5) is 0 Å². The van der Waals surface area contributed by atoms with E-state index in [0.29, 0.717) is 25.3 Å². The molecule has 0 spiro atoms. The average molecular weight is 193 g/mol. The van der Waals surface area contributed by atoms with Gasteiger partial charge in [-0.25, -0.2) is 0 Å². The van der Waals surface area contributed by atoms with Crippen molar-refractivity contribution in [3.05, 3.63) is 29.3 Å². The van der Waals surface area contributed by atoms with Gasteiger partial charge >= 0.3 is 0 Å². The number of aryl methyl sites for hydroxylation is 1. The molecule has 76 valence electrons. The van der Waals surface area contributed by atoms with Crippen molar-refractivity contribution in [2.24, 2.45) is 0 Å². The highest BCUT2D eigenvalue weighted by Gasteiger charge is 2.34. The van der Waals surface area contributed by atoms with E-state index in [9.17, 15) is 10.2 Å². The second-order valence-electron chi connectivity index (χ2n) is 4.13. The summed E-state index contributed by atoms with van der Waals surface area (Å²) in [6.45, 7) is 3.14. The molecule has 0 aromatic heterocycles. The fraction of sp³-hybridized carbons (Fsp3) is 0.455. The second-order valence-corrected chi connectivity index (χ2v) is 4.13. The molecule has 1 aliphatic rings. The van der Waals surface area contributed by atoms with Gasteiger partial charge in [-0.3, -0.25) is 0 Å². The van der Waals surface area contributed by atoms with Gasteiger partial charge in [0.15, 0.2) is 0 Å². The monoisotopic (exact) mass is 193 g/mol. The minimum Gasteiger partial charge on any atom is -0.508 e. The minimum absolute atomic E-state index is 0.304. The van der Waals surface area contributed by atoms with Gasteiger partial charge in [0.05, 0.1) is 5.60 Å². The van der Waals surface area contributed by atoms with Gasteiger partial charge in [-0.1, -0.05) is 12.1 Å². The van der Waals surface area contributed by atoms with Crippen LogP contribution < -0.4 is 5.32 Å². The van der Waals surface area contributed by atoms with Gasteiger partial charge < -0.3 is 15.5 Å². The van der Waals surface area contributed by atoms with E-state index in [2.05, 4.69) is 5.32 Å². The number of aliphatic hydroxyl groups is 1. The summed E-state index contributed by atoms with van der Waals surface area (Å²) in [5.41, 5.74) is 1.24. The van der Waals surface area contributed by atoms with Crippen LogP contribution in [0.3, 0.4) is 0 Å². The van der Waals surface area contributed by atoms with Crippen molar-refractivity contribution in [1.29, 1.82) is 0 Å². The zero-order valence-electron chi connectivity index (χ0n) is 8.25. The molecule has 0 bridgehead atoms. The number of aromatic hydroxyl groups is 1. The Kier molecular flexibility index (Phi) is 2.21. The van der Waals surface area contributed by atoms with E-state index in [1.54, 1.807) is 6.07 Å². The largest absolute Gasteiger partial charge is 0.508 e. The Morgan fingerprint density at radius 2 is 2.14 bits per heavy atom. The van der Waals surface area contributed by atoms with Gasteiger partial charge in [0.1, 0.15) is 5.75 Å². The number of β-amino-alcohol motifs (C(OH)–C–C–N with tert-alkyl or cyclic N) is 1. The molecule has 0 aliphatic carbocycles. The summed E-state index contributed by atoms with van der Waals surface area (Å²) in [6.07, 6.45) is 0.605. The van der Waals surface area contributed by atoms with Crippen molar-refractivity contribution in [2.45, 2.75) is 18.9 Å². The molecule has 0 unspecified atom stereocenters. The van der Waals surface area contributed by atoms with E-state index in [1.165, 1.54) is 0 Å². The van der Waals surface area contributed by atoms with E-state index in [-0.39, 0.29) is 0 Å². The van der Waals surface area contributed by atoms with E-state index in [0.717, 1.165) is 11.1 Å². The number of rotatable bonds is 2. The van der Waals surface area contributed by atoms with Gasteiger partial charge in [0.2, 0.25) is 0 Å². The van der Waals surface area contributed by atoms with Crippen LogP contribution >= 0.6 is 0 Å². The molecule has 0 saturated carbocycles. The predicted molar refractivity (Wildman–Crippen MR) is 54.4 cm³/mol. The molecular weight excluding hydrogens is 178 g/mol. The van der Waals surface area contributed by atoms with Crippen LogP contribution in [0.25, 0.3) is 0 Å². The smallest absolute Gasteiger partial charge is 0.118 e. The molecule has 1 aromatic carbocycles. The van der Waals surface area contributed by atoms with Gasteiger partial charge in [-0.2, -0.15) is 0 Å². The fourth-order valence-electron chi connectivity index (χ4n) is 1.68. The average Bonchev–Trinajstić information content (AvgIpc) is 2.09. The third-order valence-electron chi connectivity index (χ3n) is 2.71. The zero-order valence-corrected chi connectivity index (χ0v) is 8.25. The van der Waals surface area contributed by atoms with Crippen molar-refractivity contribution in [3.63, 3.8) is 0 Å². The Labute approximate surface area is 83.4 Å². The number of phenolic OH excluding ortho intramolecular Hbond substituents is 1. The summed E-state index contributed by atoms with van der Waals surface area (Å²) in [5, 5.41) is 22.4. The van der Waals surface area contributed by atoms with Gasteiger partial charge in [-0.15, -0.1) is 0 Å². The SMILES string of the molecule is Cc1ccc(CC2(O)CNC2)cc1O. The van der Waals surface area contributed by atoms with E-state index in [1.807, 2.05) is 19.1 Å². The normalized spacial score (nSPS) is 19.0. The molecule has 1 aromatic rings. The summed E-state index contributed by atoms with van der Waals surface area (Å²) in [5.74, 6) is 0.304. The Morgan fingerprint density at radius 3 is 2.64 bits per heavy atom. The summed E-state index contributed by atoms with van der Waals surface area (Å²) in [7, 11) is 0. The number of phenols is 1. The number of nitrogens with one attached hydrogen (secondary N) is 1. The lowest BCUT2D eigenvalue weighted by Gasteiger charge is -2.37. The molecule has 14 heavy (non-hydrogen) atoms. The van der Waals surface area contributed by atoms with E-state index in [4.69, 9.17) is 0 Å². The van der Waals surface area contributed by atoms with Crippen LogP contribution in [-0.4, -0.2) is 28.9 Å². The van der Waals surface area contributed by atoms with Gasteiger partial charge in [0.25, 0.3) is 0 Å². The highest BCUT2D eigenvalue weighted by atomic mass is 16.3. The third kappa shape index (κ3) is 1.74.